The molecule has 164 valence electrons. The van der Waals surface area contributed by atoms with Crippen LogP contribution in [0.15, 0.2) is 48.5 Å². The van der Waals surface area contributed by atoms with Crippen molar-refractivity contribution >= 4 is 34.6 Å². The van der Waals surface area contributed by atoms with Gasteiger partial charge in [0.2, 0.25) is 0 Å². The summed E-state index contributed by atoms with van der Waals surface area (Å²) in [5.41, 5.74) is 0.0455. The predicted octanol–water partition coefficient (Wildman–Crippen LogP) is 6.41. The molecule has 0 aromatic heterocycles. The van der Waals surface area contributed by atoms with Gasteiger partial charge in [-0.3, -0.25) is 10.1 Å². The number of ether oxygens (including phenoxy) is 1. The number of aromatic carboxylic acids is 1. The topological polar surface area (TPSA) is 102 Å². The fourth-order valence-corrected chi connectivity index (χ4v) is 3.65. The minimum Gasteiger partial charge on any atom is -0.478 e. The fourth-order valence-electron chi connectivity index (χ4n) is 3.34. The van der Waals surface area contributed by atoms with E-state index in [-0.39, 0.29) is 29.2 Å². The summed E-state index contributed by atoms with van der Waals surface area (Å²) in [5, 5.41) is 23.0. The third-order valence-electron chi connectivity index (χ3n) is 4.80. The molecular weight excluding hydrogens is 453 g/mol. The molecular formula is C21H12ClF3N2O5. The maximum atomic E-state index is 12.9. The number of carboxylic acids is 1. The highest BCUT2D eigenvalue weighted by atomic mass is 35.5. The molecule has 0 atom stereocenters. The quantitative estimate of drug-likeness (QED) is 0.267. The van der Waals surface area contributed by atoms with E-state index in [0.29, 0.717) is 16.8 Å². The summed E-state index contributed by atoms with van der Waals surface area (Å²) in [6.45, 7) is 0. The summed E-state index contributed by atoms with van der Waals surface area (Å²) in [7, 11) is 0. The number of benzene rings is 3. The molecule has 4 rings (SSSR count). The number of nitrogens with zero attached hydrogens (tertiary/aromatic N) is 1. The molecule has 0 unspecified atom stereocenters. The van der Waals surface area contributed by atoms with Crippen LogP contribution >= 0.6 is 11.6 Å². The molecule has 1 aliphatic rings. The summed E-state index contributed by atoms with van der Waals surface area (Å²) in [6.07, 6.45) is -4.30. The zero-order valence-corrected chi connectivity index (χ0v) is 16.6. The molecule has 7 nitrogen and oxygen atoms in total. The molecule has 1 heterocycles. The first-order valence-corrected chi connectivity index (χ1v) is 9.40. The molecule has 0 amide bonds. The second-order valence-electron chi connectivity index (χ2n) is 6.98. The van der Waals surface area contributed by atoms with E-state index < -0.39 is 33.3 Å². The van der Waals surface area contributed by atoms with E-state index in [1.807, 2.05) is 0 Å². The lowest BCUT2D eigenvalue weighted by Crippen LogP contribution is -2.10. The van der Waals surface area contributed by atoms with E-state index in [9.17, 15) is 33.2 Å². The van der Waals surface area contributed by atoms with E-state index in [0.717, 1.165) is 18.2 Å². The monoisotopic (exact) mass is 464 g/mol. The number of fused-ring (bicyclic) bond motifs is 2. The average molecular weight is 465 g/mol. The predicted molar refractivity (Wildman–Crippen MR) is 109 cm³/mol. The van der Waals surface area contributed by atoms with Gasteiger partial charge in [-0.05, 0) is 41.8 Å². The second kappa shape index (κ2) is 7.72. The Morgan fingerprint density at radius 3 is 2.41 bits per heavy atom. The lowest BCUT2D eigenvalue weighted by Gasteiger charge is -2.23. The number of carbonyl (C=O) groups is 1. The first kappa shape index (κ1) is 21.4. The number of nitrogens with one attached hydrogen (secondary N) is 1. The van der Waals surface area contributed by atoms with Crippen LogP contribution in [0.3, 0.4) is 0 Å². The molecule has 11 heteroatoms. The van der Waals surface area contributed by atoms with Crippen molar-refractivity contribution in [1.29, 1.82) is 0 Å². The molecule has 3 aromatic rings. The Balaban J connectivity index is 1.64. The molecule has 0 radical (unpaired) electrons. The van der Waals surface area contributed by atoms with Crippen LogP contribution in [-0.2, 0) is 12.6 Å². The first-order chi connectivity index (χ1) is 15.0. The molecule has 32 heavy (non-hydrogen) atoms. The summed E-state index contributed by atoms with van der Waals surface area (Å²) >= 11 is 5.77. The molecule has 0 saturated carbocycles. The maximum absolute atomic E-state index is 12.9. The zero-order chi connectivity index (χ0) is 23.2. The Bertz CT molecular complexity index is 1280. The molecule has 0 saturated heterocycles. The highest BCUT2D eigenvalue weighted by Gasteiger charge is 2.33. The molecule has 3 aromatic carbocycles. The Labute approximate surface area is 183 Å². The lowest BCUT2D eigenvalue weighted by atomic mass is 10.0. The summed E-state index contributed by atoms with van der Waals surface area (Å²) in [6, 6.07) is 10.4. The van der Waals surface area contributed by atoms with Gasteiger partial charge in [-0.1, -0.05) is 23.7 Å². The van der Waals surface area contributed by atoms with Gasteiger partial charge in [0, 0.05) is 6.07 Å². The lowest BCUT2D eigenvalue weighted by molar-refractivity contribution is -0.384. The average Bonchev–Trinajstić information content (AvgIpc) is 2.70. The van der Waals surface area contributed by atoms with Gasteiger partial charge in [0.1, 0.15) is 0 Å². The number of alkyl halides is 3. The minimum absolute atomic E-state index is 0.0289. The minimum atomic E-state index is -4.55. The smallest absolute Gasteiger partial charge is 0.417 e. The van der Waals surface area contributed by atoms with E-state index in [4.69, 9.17) is 16.3 Å². The van der Waals surface area contributed by atoms with Crippen molar-refractivity contribution in [3.8, 4) is 11.5 Å². The number of hydrogen-bond acceptors (Lipinski definition) is 5. The van der Waals surface area contributed by atoms with Crippen molar-refractivity contribution in [2.75, 3.05) is 5.32 Å². The Hall–Kier alpha value is -3.79. The summed E-state index contributed by atoms with van der Waals surface area (Å²) in [5.74, 6) is -1.11. The van der Waals surface area contributed by atoms with Crippen LogP contribution in [0.1, 0.15) is 27.0 Å². The first-order valence-electron chi connectivity index (χ1n) is 9.02. The van der Waals surface area contributed by atoms with Crippen LogP contribution in [0.4, 0.5) is 30.2 Å². The van der Waals surface area contributed by atoms with Gasteiger partial charge in [-0.2, -0.15) is 13.2 Å². The van der Waals surface area contributed by atoms with Crippen LogP contribution in [0.25, 0.3) is 0 Å². The zero-order valence-electron chi connectivity index (χ0n) is 15.9. The molecule has 0 bridgehead atoms. The molecule has 0 aliphatic carbocycles. The Morgan fingerprint density at radius 1 is 1.09 bits per heavy atom. The van der Waals surface area contributed by atoms with Gasteiger partial charge in [0.15, 0.2) is 11.5 Å². The largest absolute Gasteiger partial charge is 0.478 e. The van der Waals surface area contributed by atoms with Gasteiger partial charge in [0.05, 0.1) is 38.5 Å². The summed E-state index contributed by atoms with van der Waals surface area (Å²) < 4.78 is 44.4. The van der Waals surface area contributed by atoms with Crippen molar-refractivity contribution < 1.29 is 32.7 Å². The third-order valence-corrected chi connectivity index (χ3v) is 5.11. The van der Waals surface area contributed by atoms with Crippen LogP contribution < -0.4 is 10.1 Å². The van der Waals surface area contributed by atoms with E-state index in [1.54, 1.807) is 18.2 Å². The van der Waals surface area contributed by atoms with Gasteiger partial charge in [-0.15, -0.1) is 0 Å². The third kappa shape index (κ3) is 4.04. The number of hydrogen-bond donors (Lipinski definition) is 2. The van der Waals surface area contributed by atoms with E-state index in [1.165, 1.54) is 12.1 Å². The molecule has 0 fully saturated rings. The van der Waals surface area contributed by atoms with Crippen LogP contribution in [0, 0.1) is 10.1 Å². The van der Waals surface area contributed by atoms with E-state index >= 15 is 0 Å². The number of rotatable bonds is 4. The van der Waals surface area contributed by atoms with Crippen molar-refractivity contribution in [2.45, 2.75) is 12.6 Å². The molecule has 2 N–H and O–H groups in total. The van der Waals surface area contributed by atoms with E-state index in [2.05, 4.69) is 5.32 Å². The Morgan fingerprint density at radius 2 is 1.78 bits per heavy atom. The number of halogens is 4. The molecule has 0 spiro atoms. The van der Waals surface area contributed by atoms with Crippen LogP contribution in [-0.4, -0.2) is 16.0 Å². The number of non-ortho nitro benzene ring substituents is 1. The van der Waals surface area contributed by atoms with Crippen LogP contribution in [0.2, 0.25) is 5.02 Å². The van der Waals surface area contributed by atoms with Gasteiger partial charge >= 0.3 is 12.1 Å². The summed E-state index contributed by atoms with van der Waals surface area (Å²) in [4.78, 5) is 21.9. The number of anilines is 2. The van der Waals surface area contributed by atoms with Gasteiger partial charge in [0.25, 0.3) is 5.69 Å². The standard InChI is InChI=1S/C21H12ClF3N2O5/c22-15-6-10(1-3-14(15)21(23,24)25)5-11-2-4-16-17(7-11)32-18-9-12(27(30)31)8-13(20(28)29)19(18)26-16/h1-4,6-9,26H,5H2,(H,28,29). The van der Waals surface area contributed by atoms with Crippen molar-refractivity contribution in [3.63, 3.8) is 0 Å². The second-order valence-corrected chi connectivity index (χ2v) is 7.38. The maximum Gasteiger partial charge on any atom is 0.417 e. The number of nitro benzene ring substituents is 1. The van der Waals surface area contributed by atoms with Crippen molar-refractivity contribution in [2.24, 2.45) is 0 Å². The van der Waals surface area contributed by atoms with Crippen molar-refractivity contribution in [1.82, 2.24) is 0 Å². The highest BCUT2D eigenvalue weighted by Crippen LogP contribution is 2.46. The molecule has 1 aliphatic heterocycles. The SMILES string of the molecule is O=C(O)c1cc([N+](=O)[O-])cc2c1Nc1ccc(Cc3ccc(C(F)(F)F)c(Cl)c3)cc1O2. The van der Waals surface area contributed by atoms with Crippen LogP contribution in [0.5, 0.6) is 11.5 Å². The number of carboxylic acid groups (broad SMARTS) is 1. The van der Waals surface area contributed by atoms with Crippen molar-refractivity contribution in [3.05, 3.63) is 85.9 Å². The Kier molecular flexibility index (Phi) is 5.17. The normalized spacial score (nSPS) is 12.2. The van der Waals surface area contributed by atoms with Gasteiger partial charge in [-0.25, -0.2) is 4.79 Å². The number of nitro groups is 1. The highest BCUT2D eigenvalue weighted by molar-refractivity contribution is 6.31. The fraction of sp³-hybridized carbons (Fsp3) is 0.0952. The van der Waals surface area contributed by atoms with Gasteiger partial charge < -0.3 is 15.2 Å².